The molecule has 3 amide bonds. The van der Waals surface area contributed by atoms with Crippen LogP contribution in [0.25, 0.3) is 5.57 Å². The van der Waals surface area contributed by atoms with Gasteiger partial charge >= 0.3 is 6.09 Å². The van der Waals surface area contributed by atoms with Crippen LogP contribution in [-0.4, -0.2) is 46.6 Å². The van der Waals surface area contributed by atoms with E-state index in [-0.39, 0.29) is 30.2 Å². The summed E-state index contributed by atoms with van der Waals surface area (Å²) in [7, 11) is 1.12. The van der Waals surface area contributed by atoms with Crippen molar-refractivity contribution in [1.82, 2.24) is 4.90 Å². The molecule has 3 aromatic rings. The first-order chi connectivity index (χ1) is 23.2. The first-order valence-corrected chi connectivity index (χ1v) is 16.0. The number of hydrogen-bond acceptors (Lipinski definition) is 8. The van der Waals surface area contributed by atoms with Crippen LogP contribution in [0, 0.1) is 29.6 Å². The quantitative estimate of drug-likeness (QED) is 0.300. The topological polar surface area (TPSA) is 127 Å². The molecule has 9 nitrogen and oxygen atoms in total. The molecule has 9 heteroatoms. The van der Waals surface area contributed by atoms with Gasteiger partial charge in [-0.25, -0.2) is 4.79 Å². The smallest absolute Gasteiger partial charge is 0.423 e. The first-order valence-electron chi connectivity index (χ1n) is 16.0. The number of carbonyl (C=O) groups is 5. The third kappa shape index (κ3) is 4.13. The molecule has 2 fully saturated rings. The number of Topliss-reactive ketones (excluding diaryl/α,β-unsaturated/α-hetero) is 1. The third-order valence-corrected chi connectivity index (χ3v) is 10.9. The molecule has 3 aromatic carbocycles. The maximum atomic E-state index is 15.1. The predicted molar refractivity (Wildman–Crippen MR) is 172 cm³/mol. The van der Waals surface area contributed by atoms with Crippen LogP contribution in [0.5, 0.6) is 11.5 Å². The summed E-state index contributed by atoms with van der Waals surface area (Å²) < 4.78 is 10.9. The van der Waals surface area contributed by atoms with E-state index in [0.29, 0.717) is 44.9 Å². The van der Waals surface area contributed by atoms with Gasteiger partial charge in [-0.05, 0) is 59.7 Å². The van der Waals surface area contributed by atoms with Gasteiger partial charge in [0.1, 0.15) is 11.5 Å². The average Bonchev–Trinajstić information content (AvgIpc) is 3.37. The molecule has 48 heavy (non-hydrogen) atoms. The van der Waals surface area contributed by atoms with E-state index in [1.54, 1.807) is 30.5 Å². The van der Waals surface area contributed by atoms with Crippen molar-refractivity contribution >= 4 is 35.0 Å². The van der Waals surface area contributed by atoms with E-state index in [2.05, 4.69) is 0 Å². The number of fused-ring (bicyclic) bond motifs is 5. The van der Waals surface area contributed by atoms with Crippen LogP contribution in [-0.2, 0) is 35.8 Å². The summed E-state index contributed by atoms with van der Waals surface area (Å²) in [4.78, 5) is 70.7. The number of ketones is 2. The van der Waals surface area contributed by atoms with Gasteiger partial charge in [0, 0.05) is 29.4 Å². The van der Waals surface area contributed by atoms with Crippen molar-refractivity contribution in [2.45, 2.75) is 24.7 Å². The number of ether oxygens (including phenoxy) is 2. The Morgan fingerprint density at radius 1 is 0.938 bits per heavy atom. The van der Waals surface area contributed by atoms with E-state index in [0.717, 1.165) is 12.7 Å². The maximum absolute atomic E-state index is 15.1. The molecule has 3 aliphatic carbocycles. The lowest BCUT2D eigenvalue weighted by Gasteiger charge is -2.56. The number of allylic oxidation sites excluding steroid dienone is 5. The Hall–Kier alpha value is -5.57. The zero-order chi connectivity index (χ0) is 33.3. The Labute approximate surface area is 276 Å². The summed E-state index contributed by atoms with van der Waals surface area (Å²) >= 11 is 0. The molecule has 2 heterocycles. The zero-order valence-corrected chi connectivity index (χ0v) is 26.0. The molecule has 0 unspecified atom stereocenters. The highest BCUT2D eigenvalue weighted by atomic mass is 16.5. The molecular weight excluding hydrogens is 610 g/mol. The van der Waals surface area contributed by atoms with Crippen molar-refractivity contribution in [3.63, 3.8) is 0 Å². The minimum absolute atomic E-state index is 0.0628. The van der Waals surface area contributed by atoms with Gasteiger partial charge in [-0.2, -0.15) is 4.90 Å². The Morgan fingerprint density at radius 2 is 1.67 bits per heavy atom. The molecule has 0 aromatic heterocycles. The van der Waals surface area contributed by atoms with E-state index in [1.165, 1.54) is 12.1 Å². The van der Waals surface area contributed by atoms with Gasteiger partial charge in [-0.1, -0.05) is 72.3 Å². The Bertz CT molecular complexity index is 2010. The van der Waals surface area contributed by atoms with Crippen LogP contribution >= 0.6 is 0 Å². The monoisotopic (exact) mass is 641 g/mol. The lowest BCUT2D eigenvalue weighted by atomic mass is 9.44. The number of phenolic OH excluding ortho intramolecular Hbond substituents is 1. The molecule has 0 radical (unpaired) electrons. The number of carbonyl (C=O) groups excluding carboxylic acids is 5. The normalized spacial score (nSPS) is 29.0. The van der Waals surface area contributed by atoms with Gasteiger partial charge < -0.3 is 14.6 Å². The van der Waals surface area contributed by atoms with Gasteiger partial charge in [0.25, 0.3) is 0 Å². The van der Waals surface area contributed by atoms with Crippen molar-refractivity contribution in [1.29, 1.82) is 0 Å². The molecule has 6 atom stereocenters. The number of likely N-dealkylation sites (tertiary alicyclic amines) is 1. The van der Waals surface area contributed by atoms with E-state index in [1.807, 2.05) is 54.6 Å². The maximum Gasteiger partial charge on any atom is 0.423 e. The fraction of sp³-hybridized carbons (Fsp3) is 0.256. The third-order valence-electron chi connectivity index (χ3n) is 10.9. The number of nitrogens with zero attached hydrogens (tertiary/aromatic N) is 1. The van der Waals surface area contributed by atoms with Gasteiger partial charge in [-0.3, -0.25) is 19.2 Å². The molecule has 2 aliphatic heterocycles. The van der Waals surface area contributed by atoms with Gasteiger partial charge in [0.2, 0.25) is 11.8 Å². The summed E-state index contributed by atoms with van der Waals surface area (Å²) in [6.45, 7) is 0. The second kappa shape index (κ2) is 11.0. The van der Waals surface area contributed by atoms with Crippen LogP contribution in [0.4, 0.5) is 4.79 Å². The predicted octanol–water partition coefficient (Wildman–Crippen LogP) is 5.33. The van der Waals surface area contributed by atoms with E-state index < -0.39 is 52.9 Å². The number of hydrogen-bond donors (Lipinski definition) is 1. The van der Waals surface area contributed by atoms with Crippen molar-refractivity contribution in [2.75, 3.05) is 7.11 Å². The average molecular weight is 642 g/mol. The fourth-order valence-corrected chi connectivity index (χ4v) is 8.96. The molecule has 5 aliphatic rings. The van der Waals surface area contributed by atoms with Crippen molar-refractivity contribution in [3.8, 4) is 11.5 Å². The Morgan fingerprint density at radius 3 is 2.40 bits per heavy atom. The highest BCUT2D eigenvalue weighted by Crippen LogP contribution is 2.63. The van der Waals surface area contributed by atoms with Crippen LogP contribution in [0.15, 0.2) is 108 Å². The van der Waals surface area contributed by atoms with Gasteiger partial charge in [-0.15, -0.1) is 0 Å². The second-order valence-electron chi connectivity index (χ2n) is 13.0. The number of amides is 3. The van der Waals surface area contributed by atoms with Crippen LogP contribution in [0.1, 0.15) is 29.5 Å². The summed E-state index contributed by atoms with van der Waals surface area (Å²) in [6.07, 6.45) is 4.59. The van der Waals surface area contributed by atoms with Crippen LogP contribution < -0.4 is 4.74 Å². The van der Waals surface area contributed by atoms with Crippen LogP contribution in [0.3, 0.4) is 0 Å². The summed E-state index contributed by atoms with van der Waals surface area (Å²) in [5.74, 6) is -5.11. The Balaban J connectivity index is 1.37. The van der Waals surface area contributed by atoms with Gasteiger partial charge in [0.05, 0.1) is 30.6 Å². The number of methoxy groups -OCH3 is 1. The summed E-state index contributed by atoms with van der Waals surface area (Å²) in [5.41, 5.74) is 2.35. The van der Waals surface area contributed by atoms with Crippen molar-refractivity contribution in [3.05, 3.63) is 125 Å². The second-order valence-corrected chi connectivity index (χ2v) is 13.0. The highest BCUT2D eigenvalue weighted by Gasteiger charge is 2.66. The number of phenols is 1. The molecule has 240 valence electrons. The molecule has 8 rings (SSSR count). The molecule has 0 bridgehead atoms. The number of imide groups is 3. The fourth-order valence-electron chi connectivity index (χ4n) is 8.96. The largest absolute Gasteiger partial charge is 0.508 e. The van der Waals surface area contributed by atoms with Crippen molar-refractivity contribution in [2.24, 2.45) is 29.6 Å². The number of benzene rings is 3. The number of rotatable bonds is 3. The molecule has 1 N–H and O–H groups in total. The summed E-state index contributed by atoms with van der Waals surface area (Å²) in [6, 6.07) is 23.2. The van der Waals surface area contributed by atoms with Gasteiger partial charge in [0.15, 0.2) is 11.6 Å². The lowest BCUT2D eigenvalue weighted by molar-refractivity contribution is -0.138. The molecule has 1 saturated carbocycles. The SMILES string of the molecule is COC(=O)N1C(=O)[C@H]2[C@H](CC=C3[C@H](C4=COc5ccc(O)cc5C4)[C@]4(c5ccccc5)C(=O)C=C(c5ccccc5)C(=O)[C@@H]4C[C@H]32)C1=O. The molecule has 0 spiro atoms. The van der Waals surface area contributed by atoms with E-state index in [9.17, 15) is 24.3 Å². The zero-order valence-electron chi connectivity index (χ0n) is 26.0. The lowest BCUT2D eigenvalue weighted by Crippen LogP contribution is -2.60. The van der Waals surface area contributed by atoms with Crippen molar-refractivity contribution < 1.29 is 38.6 Å². The number of aromatic hydroxyl groups is 1. The highest BCUT2D eigenvalue weighted by molar-refractivity contribution is 6.31. The molecular formula is C39H31NO8. The minimum Gasteiger partial charge on any atom is -0.508 e. The minimum atomic E-state index is -1.40. The van der Waals surface area contributed by atoms with E-state index >= 15 is 4.79 Å². The molecule has 1 saturated heterocycles. The Kier molecular flexibility index (Phi) is 6.84. The first kappa shape index (κ1) is 29.8. The standard InChI is InChI=1S/C39H31NO8/c1-47-38(46)40-36(44)27-14-13-26-29(33(27)37(40)45)18-30-35(43)28(21-8-4-2-5-9-21)19-32(42)39(30,24-10-6-3-7-11-24)34(26)23-16-22-17-25(41)12-15-31(22)48-20-23/h2-13,15,17,19-20,27,29-30,33-34,41H,14,16,18H2,1H3/t27-,29+,30-,33-,34-,39-/m0/s1. The van der Waals surface area contributed by atoms with E-state index in [4.69, 9.17) is 9.47 Å². The summed E-state index contributed by atoms with van der Waals surface area (Å²) in [5, 5.41) is 10.3. The van der Waals surface area contributed by atoms with Crippen LogP contribution in [0.2, 0.25) is 0 Å².